The average molecular weight is 157 g/mol. The Bertz CT molecular complexity index is 275. The highest BCUT2D eigenvalue weighted by Gasteiger charge is 2.08. The molecule has 1 aromatic carbocycles. The molecule has 3 nitrogen and oxygen atoms in total. The van der Waals surface area contributed by atoms with Crippen LogP contribution in [-0.2, 0) is 0 Å². The van der Waals surface area contributed by atoms with Gasteiger partial charge in [0.05, 0.1) is 7.11 Å². The van der Waals surface area contributed by atoms with E-state index in [4.69, 9.17) is 10.8 Å². The minimum atomic E-state index is -0.790. The summed E-state index contributed by atoms with van der Waals surface area (Å²) in [5.41, 5.74) is 5.56. The first-order valence-electron chi connectivity index (χ1n) is 2.97. The highest BCUT2D eigenvalue weighted by Crippen LogP contribution is 2.28. The van der Waals surface area contributed by atoms with Crippen molar-refractivity contribution < 1.29 is 14.2 Å². The molecule has 0 aliphatic heterocycles. The van der Waals surface area contributed by atoms with Gasteiger partial charge in [0.25, 0.3) is 0 Å². The number of aromatic hydroxyl groups is 1. The summed E-state index contributed by atoms with van der Waals surface area (Å²) in [6.07, 6.45) is 0. The SMILES string of the molecule is COc1cc(N)cc(O)c1F. The van der Waals surface area contributed by atoms with Crippen LogP contribution in [0.15, 0.2) is 12.1 Å². The Morgan fingerprint density at radius 2 is 2.18 bits per heavy atom. The van der Waals surface area contributed by atoms with E-state index in [9.17, 15) is 4.39 Å². The summed E-state index contributed by atoms with van der Waals surface area (Å²) < 4.78 is 17.3. The van der Waals surface area contributed by atoms with Crippen molar-refractivity contribution in [3.63, 3.8) is 0 Å². The molecular weight excluding hydrogens is 149 g/mol. The van der Waals surface area contributed by atoms with Gasteiger partial charge in [0.2, 0.25) is 5.82 Å². The summed E-state index contributed by atoms with van der Waals surface area (Å²) in [4.78, 5) is 0. The Morgan fingerprint density at radius 3 is 2.73 bits per heavy atom. The zero-order valence-corrected chi connectivity index (χ0v) is 5.97. The van der Waals surface area contributed by atoms with Crippen molar-refractivity contribution in [2.45, 2.75) is 0 Å². The number of phenols is 1. The molecule has 1 aromatic rings. The fourth-order valence-electron chi connectivity index (χ4n) is 0.752. The molecule has 0 saturated heterocycles. The van der Waals surface area contributed by atoms with Gasteiger partial charge in [0, 0.05) is 17.8 Å². The second-order valence-corrected chi connectivity index (χ2v) is 2.06. The smallest absolute Gasteiger partial charge is 0.206 e. The monoisotopic (exact) mass is 157 g/mol. The molecule has 0 heterocycles. The molecule has 0 spiro atoms. The molecule has 60 valence electrons. The van der Waals surface area contributed by atoms with Crippen molar-refractivity contribution in [3.8, 4) is 11.5 Å². The maximum atomic E-state index is 12.8. The van der Waals surface area contributed by atoms with Crippen molar-refractivity contribution in [2.24, 2.45) is 0 Å². The van der Waals surface area contributed by atoms with Crippen molar-refractivity contribution in [1.29, 1.82) is 0 Å². The fourth-order valence-corrected chi connectivity index (χ4v) is 0.752. The van der Waals surface area contributed by atoms with E-state index in [1.165, 1.54) is 13.2 Å². The summed E-state index contributed by atoms with van der Waals surface area (Å²) in [6, 6.07) is 2.42. The van der Waals surface area contributed by atoms with Crippen molar-refractivity contribution in [2.75, 3.05) is 12.8 Å². The van der Waals surface area contributed by atoms with Gasteiger partial charge in [-0.05, 0) is 0 Å². The van der Waals surface area contributed by atoms with Crippen LogP contribution in [0.1, 0.15) is 0 Å². The fraction of sp³-hybridized carbons (Fsp3) is 0.143. The Hall–Kier alpha value is -1.45. The van der Waals surface area contributed by atoms with E-state index in [0.717, 1.165) is 6.07 Å². The number of hydrogen-bond donors (Lipinski definition) is 2. The van der Waals surface area contributed by atoms with Crippen LogP contribution in [0.25, 0.3) is 0 Å². The van der Waals surface area contributed by atoms with Gasteiger partial charge in [-0.1, -0.05) is 0 Å². The predicted molar refractivity (Wildman–Crippen MR) is 39.0 cm³/mol. The molecule has 0 aliphatic rings. The molecular formula is C7H8FNO2. The highest BCUT2D eigenvalue weighted by molar-refractivity contribution is 5.50. The number of rotatable bonds is 1. The van der Waals surface area contributed by atoms with E-state index in [0.29, 0.717) is 0 Å². The van der Waals surface area contributed by atoms with E-state index in [2.05, 4.69) is 4.74 Å². The zero-order chi connectivity index (χ0) is 8.43. The normalized spacial score (nSPS) is 9.64. The number of methoxy groups -OCH3 is 1. The first kappa shape index (κ1) is 7.65. The molecule has 0 radical (unpaired) electrons. The summed E-state index contributed by atoms with van der Waals surface area (Å²) >= 11 is 0. The lowest BCUT2D eigenvalue weighted by Crippen LogP contribution is -1.91. The molecule has 0 atom stereocenters. The number of ether oxygens (including phenoxy) is 1. The third-order valence-corrected chi connectivity index (χ3v) is 1.26. The van der Waals surface area contributed by atoms with Gasteiger partial charge in [-0.25, -0.2) is 0 Å². The second kappa shape index (κ2) is 2.65. The lowest BCUT2D eigenvalue weighted by atomic mass is 10.3. The maximum absolute atomic E-state index is 12.8. The van der Waals surface area contributed by atoms with Gasteiger partial charge in [-0.3, -0.25) is 0 Å². The molecule has 0 saturated carbocycles. The molecule has 0 amide bonds. The molecule has 0 aliphatic carbocycles. The Balaban J connectivity index is 3.24. The van der Waals surface area contributed by atoms with E-state index in [1.807, 2.05) is 0 Å². The minimum absolute atomic E-state index is 0.0532. The first-order valence-corrected chi connectivity index (χ1v) is 2.97. The highest BCUT2D eigenvalue weighted by atomic mass is 19.1. The molecule has 3 N–H and O–H groups in total. The Morgan fingerprint density at radius 1 is 1.55 bits per heavy atom. The average Bonchev–Trinajstić information content (AvgIpc) is 1.96. The molecule has 1 rings (SSSR count). The molecule has 0 aromatic heterocycles. The third-order valence-electron chi connectivity index (χ3n) is 1.26. The molecule has 0 unspecified atom stereocenters. The van der Waals surface area contributed by atoms with Crippen LogP contribution in [0.2, 0.25) is 0 Å². The summed E-state index contributed by atoms with van der Waals surface area (Å²) in [5.74, 6) is -1.34. The predicted octanol–water partition coefficient (Wildman–Crippen LogP) is 1.12. The van der Waals surface area contributed by atoms with E-state index < -0.39 is 11.6 Å². The number of halogens is 1. The van der Waals surface area contributed by atoms with E-state index in [1.54, 1.807) is 0 Å². The molecule has 11 heavy (non-hydrogen) atoms. The number of benzene rings is 1. The standard InChI is InChI=1S/C7H8FNO2/c1-11-6-3-4(9)2-5(10)7(6)8/h2-3,10H,9H2,1H3. The quantitative estimate of drug-likeness (QED) is 0.600. The van der Waals surface area contributed by atoms with Gasteiger partial charge in [0.1, 0.15) is 0 Å². The van der Waals surface area contributed by atoms with Crippen molar-refractivity contribution >= 4 is 5.69 Å². The molecule has 0 bridgehead atoms. The number of anilines is 1. The van der Waals surface area contributed by atoms with Gasteiger partial charge in [-0.2, -0.15) is 4.39 Å². The summed E-state index contributed by atoms with van der Waals surface area (Å²) in [6.45, 7) is 0. The van der Waals surface area contributed by atoms with Crippen molar-refractivity contribution in [1.82, 2.24) is 0 Å². The number of hydrogen-bond acceptors (Lipinski definition) is 3. The molecule has 4 heteroatoms. The first-order chi connectivity index (χ1) is 5.15. The van der Waals surface area contributed by atoms with Crippen LogP contribution < -0.4 is 10.5 Å². The van der Waals surface area contributed by atoms with E-state index >= 15 is 0 Å². The minimum Gasteiger partial charge on any atom is -0.505 e. The van der Waals surface area contributed by atoms with Gasteiger partial charge in [0.15, 0.2) is 11.5 Å². The lowest BCUT2D eigenvalue weighted by molar-refractivity contribution is 0.365. The third kappa shape index (κ3) is 1.34. The van der Waals surface area contributed by atoms with Crippen molar-refractivity contribution in [3.05, 3.63) is 17.9 Å². The lowest BCUT2D eigenvalue weighted by Gasteiger charge is -2.03. The van der Waals surface area contributed by atoms with Crippen LogP contribution in [0.4, 0.5) is 10.1 Å². The van der Waals surface area contributed by atoms with Gasteiger partial charge >= 0.3 is 0 Å². The molecule has 0 fully saturated rings. The largest absolute Gasteiger partial charge is 0.505 e. The number of phenolic OH excluding ortho intramolecular Hbond substituents is 1. The van der Waals surface area contributed by atoms with Gasteiger partial charge < -0.3 is 15.6 Å². The summed E-state index contributed by atoms with van der Waals surface area (Å²) in [5, 5.41) is 8.88. The van der Waals surface area contributed by atoms with Crippen LogP contribution in [0.3, 0.4) is 0 Å². The summed E-state index contributed by atoms with van der Waals surface area (Å²) in [7, 11) is 1.30. The van der Waals surface area contributed by atoms with Crippen LogP contribution >= 0.6 is 0 Å². The van der Waals surface area contributed by atoms with Crippen LogP contribution in [0, 0.1) is 5.82 Å². The van der Waals surface area contributed by atoms with Crippen LogP contribution in [0.5, 0.6) is 11.5 Å². The number of nitrogens with two attached hydrogens (primary N) is 1. The zero-order valence-electron chi connectivity index (χ0n) is 5.97. The Labute approximate surface area is 63.2 Å². The van der Waals surface area contributed by atoms with Crippen LogP contribution in [-0.4, -0.2) is 12.2 Å². The topological polar surface area (TPSA) is 55.5 Å². The Kier molecular flexibility index (Phi) is 1.85. The maximum Gasteiger partial charge on any atom is 0.206 e. The second-order valence-electron chi connectivity index (χ2n) is 2.06. The van der Waals surface area contributed by atoms with Gasteiger partial charge in [-0.15, -0.1) is 0 Å². The number of nitrogen functional groups attached to an aromatic ring is 1. The van der Waals surface area contributed by atoms with E-state index in [-0.39, 0.29) is 11.4 Å².